The lowest BCUT2D eigenvalue weighted by molar-refractivity contribution is -0.115. The van der Waals surface area contributed by atoms with Gasteiger partial charge in [-0.1, -0.05) is 29.8 Å². The predicted octanol–water partition coefficient (Wildman–Crippen LogP) is 4.03. The van der Waals surface area contributed by atoms with Gasteiger partial charge in [-0.25, -0.2) is 0 Å². The number of hydrogen-bond donors (Lipinski definition) is 2. The highest BCUT2D eigenvalue weighted by molar-refractivity contribution is 7.17. The Bertz CT molecular complexity index is 882. The molecule has 29 heavy (non-hydrogen) atoms. The van der Waals surface area contributed by atoms with Gasteiger partial charge in [0.15, 0.2) is 0 Å². The molecule has 2 heterocycles. The van der Waals surface area contributed by atoms with Crippen molar-refractivity contribution in [3.63, 3.8) is 0 Å². The molecule has 2 aliphatic rings. The Kier molecular flexibility index (Phi) is 6.31. The average molecular weight is 413 g/mol. The molecule has 0 saturated carbocycles. The van der Waals surface area contributed by atoms with Crippen molar-refractivity contribution in [2.24, 2.45) is 0 Å². The van der Waals surface area contributed by atoms with E-state index in [1.165, 1.54) is 10.4 Å². The Balaban J connectivity index is 1.49. The van der Waals surface area contributed by atoms with Gasteiger partial charge in [0, 0.05) is 18.0 Å². The van der Waals surface area contributed by atoms with Gasteiger partial charge in [-0.15, -0.1) is 11.3 Å². The summed E-state index contributed by atoms with van der Waals surface area (Å²) < 4.78 is 5.62. The zero-order valence-electron chi connectivity index (χ0n) is 16.9. The number of fused-ring (bicyclic) bond motifs is 1. The van der Waals surface area contributed by atoms with Crippen molar-refractivity contribution < 1.29 is 14.3 Å². The number of amides is 2. The predicted molar refractivity (Wildman–Crippen MR) is 116 cm³/mol. The van der Waals surface area contributed by atoms with Gasteiger partial charge < -0.3 is 15.4 Å². The zero-order valence-corrected chi connectivity index (χ0v) is 17.7. The second-order valence-electron chi connectivity index (χ2n) is 7.97. The van der Waals surface area contributed by atoms with Crippen LogP contribution >= 0.6 is 11.3 Å². The number of carbonyl (C=O) groups is 2. The Labute approximate surface area is 175 Å². The Morgan fingerprint density at radius 1 is 1.14 bits per heavy atom. The number of nitrogens with one attached hydrogen (secondary N) is 2. The number of anilines is 1. The third-order valence-corrected chi connectivity index (χ3v) is 6.86. The minimum absolute atomic E-state index is 0.0828. The maximum atomic E-state index is 13.0. The van der Waals surface area contributed by atoms with Gasteiger partial charge in [-0.05, 0) is 56.6 Å². The van der Waals surface area contributed by atoms with Crippen LogP contribution in [0, 0.1) is 6.92 Å². The second kappa shape index (κ2) is 9.09. The van der Waals surface area contributed by atoms with Gasteiger partial charge in [0.2, 0.25) is 5.91 Å². The molecule has 2 amide bonds. The average Bonchev–Trinajstić information content (AvgIpc) is 3.35. The summed E-state index contributed by atoms with van der Waals surface area (Å²) in [6, 6.07) is 7.97. The van der Waals surface area contributed by atoms with Crippen molar-refractivity contribution in [3.8, 4) is 0 Å². The van der Waals surface area contributed by atoms with Crippen molar-refractivity contribution in [3.05, 3.63) is 51.4 Å². The molecule has 1 unspecified atom stereocenters. The third-order valence-electron chi connectivity index (χ3n) is 5.65. The molecule has 0 bridgehead atoms. The summed E-state index contributed by atoms with van der Waals surface area (Å²) in [5, 5.41) is 6.76. The van der Waals surface area contributed by atoms with E-state index in [9.17, 15) is 9.59 Å². The number of hydrogen-bond acceptors (Lipinski definition) is 4. The summed E-state index contributed by atoms with van der Waals surface area (Å²) in [6.07, 6.45) is 6.57. The zero-order chi connectivity index (χ0) is 20.2. The number of aryl methyl sites for hydroxylation is 2. The molecule has 0 radical (unpaired) electrons. The summed E-state index contributed by atoms with van der Waals surface area (Å²) in [6.45, 7) is 3.33. The molecule has 1 fully saturated rings. The van der Waals surface area contributed by atoms with Crippen LogP contribution in [-0.2, 0) is 28.8 Å². The van der Waals surface area contributed by atoms with E-state index in [1.54, 1.807) is 11.3 Å². The second-order valence-corrected chi connectivity index (χ2v) is 9.08. The summed E-state index contributed by atoms with van der Waals surface area (Å²) in [4.78, 5) is 26.9. The van der Waals surface area contributed by atoms with E-state index < -0.39 is 0 Å². The Morgan fingerprint density at radius 3 is 2.69 bits per heavy atom. The molecule has 1 atom stereocenters. The van der Waals surface area contributed by atoms with E-state index in [2.05, 4.69) is 10.6 Å². The monoisotopic (exact) mass is 412 g/mol. The molecule has 1 aliphatic heterocycles. The van der Waals surface area contributed by atoms with Crippen LogP contribution in [0.15, 0.2) is 24.3 Å². The lowest BCUT2D eigenvalue weighted by Crippen LogP contribution is -2.32. The van der Waals surface area contributed by atoms with Crippen molar-refractivity contribution in [1.82, 2.24) is 5.32 Å². The Morgan fingerprint density at radius 2 is 1.93 bits per heavy atom. The maximum absolute atomic E-state index is 13.0. The van der Waals surface area contributed by atoms with Crippen LogP contribution in [0.4, 0.5) is 5.00 Å². The molecule has 0 spiro atoms. The molecule has 5 nitrogen and oxygen atoms in total. The third kappa shape index (κ3) is 4.87. The van der Waals surface area contributed by atoms with E-state index in [1.807, 2.05) is 31.2 Å². The number of thiophene rings is 1. The highest BCUT2D eigenvalue weighted by Crippen LogP contribution is 2.38. The van der Waals surface area contributed by atoms with Crippen LogP contribution in [0.3, 0.4) is 0 Å². The fourth-order valence-corrected chi connectivity index (χ4v) is 5.36. The van der Waals surface area contributed by atoms with Crippen molar-refractivity contribution >= 4 is 28.2 Å². The number of benzene rings is 1. The normalized spacial score (nSPS) is 18.3. The van der Waals surface area contributed by atoms with Gasteiger partial charge in [-0.3, -0.25) is 9.59 Å². The van der Waals surface area contributed by atoms with Crippen molar-refractivity contribution in [1.29, 1.82) is 0 Å². The summed E-state index contributed by atoms with van der Waals surface area (Å²) >= 11 is 1.57. The molecular formula is C23H28N2O3S. The molecule has 1 saturated heterocycles. The van der Waals surface area contributed by atoms with E-state index in [0.29, 0.717) is 23.5 Å². The van der Waals surface area contributed by atoms with E-state index >= 15 is 0 Å². The van der Waals surface area contributed by atoms with Gasteiger partial charge >= 0.3 is 0 Å². The van der Waals surface area contributed by atoms with E-state index in [4.69, 9.17) is 4.74 Å². The van der Waals surface area contributed by atoms with E-state index in [-0.39, 0.29) is 17.9 Å². The lowest BCUT2D eigenvalue weighted by Gasteiger charge is -2.15. The SMILES string of the molecule is Cc1ccc(CC(=O)Nc2sc3c(c2C(=O)NCC2CCCO2)CCCC3)cc1. The molecule has 154 valence electrons. The molecule has 4 rings (SSSR count). The molecule has 2 aromatic rings. The lowest BCUT2D eigenvalue weighted by atomic mass is 9.95. The van der Waals surface area contributed by atoms with Gasteiger partial charge in [0.05, 0.1) is 18.1 Å². The fourth-order valence-electron chi connectivity index (χ4n) is 4.06. The molecule has 1 aliphatic carbocycles. The summed E-state index contributed by atoms with van der Waals surface area (Å²) in [5.41, 5.74) is 3.93. The summed E-state index contributed by atoms with van der Waals surface area (Å²) in [7, 11) is 0. The first-order valence-corrected chi connectivity index (χ1v) is 11.3. The van der Waals surface area contributed by atoms with Gasteiger partial charge in [-0.2, -0.15) is 0 Å². The minimum Gasteiger partial charge on any atom is -0.376 e. The summed E-state index contributed by atoms with van der Waals surface area (Å²) in [5.74, 6) is -0.175. The van der Waals surface area contributed by atoms with E-state index in [0.717, 1.165) is 56.3 Å². The van der Waals surface area contributed by atoms with Crippen molar-refractivity contribution in [2.75, 3.05) is 18.5 Å². The first kappa shape index (κ1) is 20.1. The maximum Gasteiger partial charge on any atom is 0.254 e. The highest BCUT2D eigenvalue weighted by Gasteiger charge is 2.27. The molecule has 1 aromatic heterocycles. The molecule has 6 heteroatoms. The topological polar surface area (TPSA) is 67.4 Å². The first-order chi connectivity index (χ1) is 14.1. The number of carbonyl (C=O) groups excluding carboxylic acids is 2. The minimum atomic E-state index is -0.0921. The van der Waals surface area contributed by atoms with Gasteiger partial charge in [0.25, 0.3) is 5.91 Å². The largest absolute Gasteiger partial charge is 0.376 e. The van der Waals surface area contributed by atoms with Crippen molar-refractivity contribution in [2.45, 2.75) is 58.0 Å². The van der Waals surface area contributed by atoms with Crippen LogP contribution in [0.5, 0.6) is 0 Å². The number of ether oxygens (including phenoxy) is 1. The van der Waals surface area contributed by atoms with Crippen LogP contribution in [0.25, 0.3) is 0 Å². The van der Waals surface area contributed by atoms with Gasteiger partial charge in [0.1, 0.15) is 5.00 Å². The van der Waals surface area contributed by atoms with Crippen LogP contribution in [0.1, 0.15) is 57.6 Å². The standard InChI is InChI=1S/C23H28N2O3S/c1-15-8-10-16(11-9-15)13-20(26)25-23-21(18-6-2-3-7-19(18)29-23)22(27)24-14-17-5-4-12-28-17/h8-11,17H,2-7,12-14H2,1H3,(H,24,27)(H,25,26). The molecule has 1 aromatic carbocycles. The smallest absolute Gasteiger partial charge is 0.254 e. The first-order valence-electron chi connectivity index (χ1n) is 10.5. The fraction of sp³-hybridized carbons (Fsp3) is 0.478. The molecule has 2 N–H and O–H groups in total. The quantitative estimate of drug-likeness (QED) is 0.753. The Hall–Kier alpha value is -2.18. The van der Waals surface area contributed by atoms with Crippen LogP contribution < -0.4 is 10.6 Å². The van der Waals surface area contributed by atoms with Crippen LogP contribution in [0.2, 0.25) is 0 Å². The highest BCUT2D eigenvalue weighted by atomic mass is 32.1. The number of rotatable bonds is 6. The molecular weight excluding hydrogens is 384 g/mol. The van der Waals surface area contributed by atoms with Crippen LogP contribution in [-0.4, -0.2) is 31.1 Å².